The maximum absolute atomic E-state index is 13.0. The van der Waals surface area contributed by atoms with Gasteiger partial charge in [0.25, 0.3) is 11.8 Å². The van der Waals surface area contributed by atoms with E-state index in [1.165, 1.54) is 5.56 Å². The maximum Gasteiger partial charge on any atom is 0.322 e. The van der Waals surface area contributed by atoms with Gasteiger partial charge in [0.15, 0.2) is 0 Å². The van der Waals surface area contributed by atoms with Crippen molar-refractivity contribution in [3.05, 3.63) is 47.2 Å². The molecule has 1 aliphatic heterocycles. The minimum atomic E-state index is -1.21. The molecule has 7 nitrogen and oxygen atoms in total. The molecular weight excluding hydrogens is 360 g/mol. The van der Waals surface area contributed by atoms with Gasteiger partial charge in [-0.3, -0.25) is 14.4 Å². The first-order valence-corrected chi connectivity index (χ1v) is 9.48. The number of aliphatic hydroxyl groups is 1. The largest absolute Gasteiger partial charge is 0.511 e. The Morgan fingerprint density at radius 2 is 1.86 bits per heavy atom. The fourth-order valence-corrected chi connectivity index (χ4v) is 4.07. The van der Waals surface area contributed by atoms with Gasteiger partial charge >= 0.3 is 5.97 Å². The van der Waals surface area contributed by atoms with Crippen LogP contribution in [0.2, 0.25) is 0 Å². The van der Waals surface area contributed by atoms with Gasteiger partial charge < -0.3 is 20.4 Å². The Labute approximate surface area is 164 Å². The summed E-state index contributed by atoms with van der Waals surface area (Å²) in [4.78, 5) is 37.5. The molecule has 1 aromatic rings. The molecule has 0 bridgehead atoms. The monoisotopic (exact) mass is 386 g/mol. The lowest BCUT2D eigenvalue weighted by Crippen LogP contribution is -2.56. The van der Waals surface area contributed by atoms with Crippen LogP contribution < -0.4 is 5.32 Å². The Hall–Kier alpha value is -2.83. The predicted octanol–water partition coefficient (Wildman–Crippen LogP) is 2.20. The van der Waals surface area contributed by atoms with Gasteiger partial charge in [0, 0.05) is 18.5 Å². The third kappa shape index (κ3) is 4.03. The van der Waals surface area contributed by atoms with E-state index < -0.39 is 29.9 Å². The van der Waals surface area contributed by atoms with Crippen molar-refractivity contribution in [3.63, 3.8) is 0 Å². The third-order valence-electron chi connectivity index (χ3n) is 5.65. The van der Waals surface area contributed by atoms with Gasteiger partial charge in [-0.05, 0) is 44.1 Å². The number of carboxylic acids is 1. The van der Waals surface area contributed by atoms with Crippen molar-refractivity contribution in [2.24, 2.45) is 5.92 Å². The van der Waals surface area contributed by atoms with Crippen LogP contribution in [-0.2, 0) is 14.4 Å². The number of nitrogens with zero attached hydrogens (tertiary/aromatic N) is 1. The number of aliphatic carboxylic acids is 1. The second-order valence-electron chi connectivity index (χ2n) is 8.25. The zero-order chi connectivity index (χ0) is 20.5. The molecule has 0 atom stereocenters. The number of aliphatic hydroxyl groups excluding tert-OH is 1. The Morgan fingerprint density at radius 1 is 1.21 bits per heavy atom. The zero-order valence-electron chi connectivity index (χ0n) is 16.1. The quantitative estimate of drug-likeness (QED) is 0.650. The van der Waals surface area contributed by atoms with Gasteiger partial charge in [-0.25, -0.2) is 0 Å². The summed E-state index contributed by atoms with van der Waals surface area (Å²) in [5.41, 5.74) is 0.337. The molecule has 28 heavy (non-hydrogen) atoms. The van der Waals surface area contributed by atoms with E-state index in [2.05, 4.69) is 17.4 Å². The van der Waals surface area contributed by atoms with E-state index in [1.54, 1.807) is 4.90 Å². The molecule has 1 aromatic carbocycles. The summed E-state index contributed by atoms with van der Waals surface area (Å²) < 4.78 is 0. The van der Waals surface area contributed by atoms with E-state index >= 15 is 0 Å². The van der Waals surface area contributed by atoms with Gasteiger partial charge in [-0.1, -0.05) is 30.3 Å². The topological polar surface area (TPSA) is 107 Å². The predicted molar refractivity (Wildman–Crippen MR) is 103 cm³/mol. The normalized spacial score (nSPS) is 23.9. The zero-order valence-corrected chi connectivity index (χ0v) is 16.1. The molecule has 2 amide bonds. The van der Waals surface area contributed by atoms with Gasteiger partial charge in [0.05, 0.1) is 0 Å². The number of hydrogen-bond acceptors (Lipinski definition) is 4. The minimum Gasteiger partial charge on any atom is -0.511 e. The van der Waals surface area contributed by atoms with Crippen LogP contribution in [0.5, 0.6) is 0 Å². The van der Waals surface area contributed by atoms with Gasteiger partial charge in [-0.15, -0.1) is 0 Å². The molecule has 1 aliphatic carbocycles. The first-order chi connectivity index (χ1) is 13.2. The second kappa shape index (κ2) is 7.66. The van der Waals surface area contributed by atoms with Crippen molar-refractivity contribution in [1.82, 2.24) is 10.2 Å². The van der Waals surface area contributed by atoms with E-state index in [0.717, 1.165) is 12.8 Å². The highest BCUT2D eigenvalue weighted by molar-refractivity contribution is 6.19. The fraction of sp³-hybridized carbons (Fsp3) is 0.476. The number of rotatable bonds is 6. The van der Waals surface area contributed by atoms with Crippen molar-refractivity contribution in [2.75, 3.05) is 13.1 Å². The van der Waals surface area contributed by atoms with Gasteiger partial charge in [0.1, 0.15) is 17.9 Å². The lowest BCUT2D eigenvalue weighted by atomic mass is 9.70. The van der Waals surface area contributed by atoms with Crippen LogP contribution in [0.3, 0.4) is 0 Å². The summed E-state index contributed by atoms with van der Waals surface area (Å²) in [6.45, 7) is 3.63. The number of carbonyl (C=O) groups excluding carboxylic acids is 2. The average molecular weight is 386 g/mol. The highest BCUT2D eigenvalue weighted by Crippen LogP contribution is 2.43. The molecule has 1 heterocycles. The van der Waals surface area contributed by atoms with E-state index in [4.69, 9.17) is 5.11 Å². The number of nitrogens with one attached hydrogen (secondary N) is 1. The van der Waals surface area contributed by atoms with Crippen molar-refractivity contribution < 1.29 is 24.6 Å². The SMILES string of the molecule is CC1(C)CC(O)=C(C(=O)NCC(=O)O)C(=O)N1C[C@H]1C[C@@H](c2ccccc2)C1. The first kappa shape index (κ1) is 19.9. The number of amides is 2. The average Bonchev–Trinajstić information content (AvgIpc) is 2.58. The smallest absolute Gasteiger partial charge is 0.322 e. The molecule has 1 saturated carbocycles. The third-order valence-corrected chi connectivity index (χ3v) is 5.65. The van der Waals surface area contributed by atoms with E-state index in [0.29, 0.717) is 18.4 Å². The minimum absolute atomic E-state index is 0.156. The molecule has 0 spiro atoms. The number of hydrogen-bond donors (Lipinski definition) is 3. The number of carbonyl (C=O) groups is 3. The first-order valence-electron chi connectivity index (χ1n) is 9.48. The number of benzene rings is 1. The van der Waals surface area contributed by atoms with Crippen LogP contribution >= 0.6 is 0 Å². The summed E-state index contributed by atoms with van der Waals surface area (Å²) in [5.74, 6) is -2.07. The molecule has 0 aromatic heterocycles. The van der Waals surface area contributed by atoms with Gasteiger partial charge in [0.2, 0.25) is 0 Å². The van der Waals surface area contributed by atoms with Crippen molar-refractivity contribution in [2.45, 2.75) is 44.6 Å². The molecule has 0 saturated heterocycles. The molecule has 1 fully saturated rings. The maximum atomic E-state index is 13.0. The second-order valence-corrected chi connectivity index (χ2v) is 8.25. The lowest BCUT2D eigenvalue weighted by molar-refractivity contribution is -0.141. The Bertz CT molecular complexity index is 809. The molecular formula is C21H26N2O5. The summed E-state index contributed by atoms with van der Waals surface area (Å²) in [7, 11) is 0. The van der Waals surface area contributed by atoms with Crippen LogP contribution in [0.4, 0.5) is 0 Å². The van der Waals surface area contributed by atoms with Crippen LogP contribution in [0, 0.1) is 5.92 Å². The molecule has 150 valence electrons. The van der Waals surface area contributed by atoms with Crippen molar-refractivity contribution in [3.8, 4) is 0 Å². The summed E-state index contributed by atoms with van der Waals surface area (Å²) >= 11 is 0. The van der Waals surface area contributed by atoms with E-state index in [1.807, 2.05) is 32.0 Å². The number of carboxylic acid groups (broad SMARTS) is 1. The highest BCUT2D eigenvalue weighted by atomic mass is 16.4. The Morgan fingerprint density at radius 3 is 2.46 bits per heavy atom. The standard InChI is InChI=1S/C21H26N2O5/c1-21(2)10-16(24)18(19(27)22-11-17(25)26)20(28)23(21)12-13-8-15(9-13)14-6-4-3-5-7-14/h3-7,13,15,24H,8-12H2,1-2H3,(H,22,27)(H,25,26)/t13-,15+. The van der Waals surface area contributed by atoms with E-state index in [-0.39, 0.29) is 17.8 Å². The summed E-state index contributed by atoms with van der Waals surface area (Å²) in [6, 6.07) is 10.3. The fourth-order valence-electron chi connectivity index (χ4n) is 4.07. The molecule has 3 rings (SSSR count). The van der Waals surface area contributed by atoms with Crippen molar-refractivity contribution in [1.29, 1.82) is 0 Å². The van der Waals surface area contributed by atoms with Gasteiger partial charge in [-0.2, -0.15) is 0 Å². The van der Waals surface area contributed by atoms with E-state index in [9.17, 15) is 19.5 Å². The lowest BCUT2D eigenvalue weighted by Gasteiger charge is -2.47. The molecule has 3 N–H and O–H groups in total. The molecule has 7 heteroatoms. The molecule has 2 aliphatic rings. The Kier molecular flexibility index (Phi) is 5.45. The summed E-state index contributed by atoms with van der Waals surface area (Å²) in [6.07, 6.45) is 2.10. The summed E-state index contributed by atoms with van der Waals surface area (Å²) in [5, 5.41) is 21.1. The molecule has 0 radical (unpaired) electrons. The van der Waals surface area contributed by atoms with Crippen LogP contribution in [0.15, 0.2) is 41.7 Å². The van der Waals surface area contributed by atoms with Crippen molar-refractivity contribution >= 4 is 17.8 Å². The van der Waals surface area contributed by atoms with Crippen LogP contribution in [0.1, 0.15) is 44.6 Å². The highest BCUT2D eigenvalue weighted by Gasteiger charge is 2.44. The Balaban J connectivity index is 1.68. The van der Waals surface area contributed by atoms with Crippen LogP contribution in [0.25, 0.3) is 0 Å². The van der Waals surface area contributed by atoms with Crippen LogP contribution in [-0.4, -0.2) is 51.5 Å². The molecule has 0 unspecified atom stereocenters.